The summed E-state index contributed by atoms with van der Waals surface area (Å²) in [5.74, 6) is 1.49. The van der Waals surface area contributed by atoms with Gasteiger partial charge in [0.05, 0.1) is 6.20 Å². The minimum absolute atomic E-state index is 0.204. The van der Waals surface area contributed by atoms with Crippen LogP contribution < -0.4 is 5.73 Å². The molecule has 0 aromatic carbocycles. The second kappa shape index (κ2) is 3.73. The third kappa shape index (κ3) is 1.82. The predicted molar refractivity (Wildman–Crippen MR) is 56.7 cm³/mol. The first kappa shape index (κ1) is 9.71. The van der Waals surface area contributed by atoms with E-state index in [-0.39, 0.29) is 6.04 Å². The minimum Gasteiger partial charge on any atom is -0.324 e. The average molecular weight is 193 g/mol. The molecule has 0 bridgehead atoms. The lowest BCUT2D eigenvalue weighted by molar-refractivity contribution is 0.583. The molecular formula is C11H19N3. The molecule has 0 saturated heterocycles. The van der Waals surface area contributed by atoms with Gasteiger partial charge in [-0.15, -0.1) is 0 Å². The molecule has 1 aliphatic rings. The highest BCUT2D eigenvalue weighted by atomic mass is 15.3. The van der Waals surface area contributed by atoms with E-state index < -0.39 is 0 Å². The molecule has 3 atom stereocenters. The van der Waals surface area contributed by atoms with Crippen LogP contribution in [0.1, 0.15) is 38.3 Å². The van der Waals surface area contributed by atoms with Gasteiger partial charge in [-0.3, -0.25) is 4.68 Å². The van der Waals surface area contributed by atoms with Crippen LogP contribution in [-0.4, -0.2) is 9.78 Å². The van der Waals surface area contributed by atoms with Crippen molar-refractivity contribution in [3.63, 3.8) is 0 Å². The molecule has 2 N–H and O–H groups in total. The van der Waals surface area contributed by atoms with Crippen molar-refractivity contribution in [3.05, 3.63) is 18.0 Å². The van der Waals surface area contributed by atoms with Crippen molar-refractivity contribution in [2.75, 3.05) is 0 Å². The highest BCUT2D eigenvalue weighted by Gasteiger charge is 2.38. The molecule has 0 spiro atoms. The summed E-state index contributed by atoms with van der Waals surface area (Å²) >= 11 is 0. The first-order valence-electron chi connectivity index (χ1n) is 5.50. The fourth-order valence-electron chi connectivity index (χ4n) is 2.00. The van der Waals surface area contributed by atoms with Crippen molar-refractivity contribution < 1.29 is 0 Å². The van der Waals surface area contributed by atoms with Gasteiger partial charge in [-0.05, 0) is 24.7 Å². The van der Waals surface area contributed by atoms with Crippen LogP contribution in [0.3, 0.4) is 0 Å². The molecule has 0 amide bonds. The smallest absolute Gasteiger partial charge is 0.0537 e. The van der Waals surface area contributed by atoms with Crippen LogP contribution in [0, 0.1) is 11.8 Å². The number of nitrogens with two attached hydrogens (primary N) is 1. The summed E-state index contributed by atoms with van der Waals surface area (Å²) in [7, 11) is 0. The molecule has 1 saturated carbocycles. The zero-order chi connectivity index (χ0) is 10.1. The molecule has 3 heteroatoms. The van der Waals surface area contributed by atoms with Crippen LogP contribution in [0.15, 0.2) is 12.4 Å². The van der Waals surface area contributed by atoms with Crippen LogP contribution >= 0.6 is 0 Å². The van der Waals surface area contributed by atoms with E-state index in [1.807, 2.05) is 10.9 Å². The van der Waals surface area contributed by atoms with Crippen molar-refractivity contribution >= 4 is 0 Å². The summed E-state index contributed by atoms with van der Waals surface area (Å²) in [6.45, 7) is 5.41. The molecule has 1 aliphatic carbocycles. The standard InChI is InChI=1S/C11H19N3/c1-3-4-14-7-9(6-13-14)11(12)10-5-8(10)2/h6-8,10-11H,3-5,12H2,1-2H3. The largest absolute Gasteiger partial charge is 0.324 e. The van der Waals surface area contributed by atoms with Crippen molar-refractivity contribution in [2.24, 2.45) is 17.6 Å². The molecule has 1 heterocycles. The maximum Gasteiger partial charge on any atom is 0.0537 e. The lowest BCUT2D eigenvalue weighted by Gasteiger charge is -2.07. The number of rotatable bonds is 4. The lowest BCUT2D eigenvalue weighted by Crippen LogP contribution is -2.12. The van der Waals surface area contributed by atoms with Gasteiger partial charge in [-0.1, -0.05) is 13.8 Å². The van der Waals surface area contributed by atoms with Crippen LogP contribution in [0.5, 0.6) is 0 Å². The van der Waals surface area contributed by atoms with E-state index in [0.29, 0.717) is 5.92 Å². The Bertz CT molecular complexity index is 305. The van der Waals surface area contributed by atoms with Gasteiger partial charge in [0.1, 0.15) is 0 Å². The maximum absolute atomic E-state index is 6.15. The summed E-state index contributed by atoms with van der Waals surface area (Å²) < 4.78 is 1.99. The van der Waals surface area contributed by atoms with Crippen molar-refractivity contribution in [1.29, 1.82) is 0 Å². The number of aromatic nitrogens is 2. The Kier molecular flexibility index (Phi) is 2.59. The summed E-state index contributed by atoms with van der Waals surface area (Å²) in [6, 6.07) is 0.204. The van der Waals surface area contributed by atoms with E-state index in [9.17, 15) is 0 Å². The minimum atomic E-state index is 0.204. The summed E-state index contributed by atoms with van der Waals surface area (Å²) in [5, 5.41) is 4.30. The van der Waals surface area contributed by atoms with Gasteiger partial charge in [0.2, 0.25) is 0 Å². The molecule has 2 rings (SSSR count). The molecular weight excluding hydrogens is 174 g/mol. The molecule has 78 valence electrons. The molecule has 0 radical (unpaired) electrons. The quantitative estimate of drug-likeness (QED) is 0.794. The first-order valence-corrected chi connectivity index (χ1v) is 5.50. The van der Waals surface area contributed by atoms with Crippen molar-refractivity contribution in [3.8, 4) is 0 Å². The Hall–Kier alpha value is -0.830. The third-order valence-corrected chi connectivity index (χ3v) is 3.12. The van der Waals surface area contributed by atoms with Crippen LogP contribution in [-0.2, 0) is 6.54 Å². The van der Waals surface area contributed by atoms with Gasteiger partial charge in [0.25, 0.3) is 0 Å². The van der Waals surface area contributed by atoms with E-state index in [0.717, 1.165) is 18.9 Å². The normalized spacial score (nSPS) is 27.6. The highest BCUT2D eigenvalue weighted by molar-refractivity contribution is 5.14. The second-order valence-electron chi connectivity index (χ2n) is 4.44. The topological polar surface area (TPSA) is 43.8 Å². The number of hydrogen-bond acceptors (Lipinski definition) is 2. The van der Waals surface area contributed by atoms with Gasteiger partial charge >= 0.3 is 0 Å². The van der Waals surface area contributed by atoms with Crippen molar-refractivity contribution in [1.82, 2.24) is 9.78 Å². The molecule has 3 unspecified atom stereocenters. The molecule has 1 aromatic rings. The molecule has 14 heavy (non-hydrogen) atoms. The Balaban J connectivity index is 2.01. The third-order valence-electron chi connectivity index (χ3n) is 3.12. The Morgan fingerprint density at radius 3 is 3.00 bits per heavy atom. The zero-order valence-corrected chi connectivity index (χ0v) is 8.98. The summed E-state index contributed by atoms with van der Waals surface area (Å²) in [5.41, 5.74) is 7.35. The fraction of sp³-hybridized carbons (Fsp3) is 0.727. The maximum atomic E-state index is 6.15. The van der Waals surface area contributed by atoms with Gasteiger partial charge in [-0.25, -0.2) is 0 Å². The number of nitrogens with zero attached hydrogens (tertiary/aromatic N) is 2. The van der Waals surface area contributed by atoms with E-state index in [4.69, 9.17) is 5.73 Å². The number of aryl methyl sites for hydroxylation is 1. The van der Waals surface area contributed by atoms with E-state index >= 15 is 0 Å². The van der Waals surface area contributed by atoms with Crippen LogP contribution in [0.4, 0.5) is 0 Å². The Labute approximate surface area is 85.3 Å². The Morgan fingerprint density at radius 2 is 2.43 bits per heavy atom. The molecule has 3 nitrogen and oxygen atoms in total. The second-order valence-corrected chi connectivity index (χ2v) is 4.44. The molecule has 1 fully saturated rings. The van der Waals surface area contributed by atoms with Gasteiger partial charge < -0.3 is 5.73 Å². The van der Waals surface area contributed by atoms with Crippen LogP contribution in [0.25, 0.3) is 0 Å². The first-order chi connectivity index (χ1) is 6.72. The molecule has 1 aromatic heterocycles. The lowest BCUT2D eigenvalue weighted by atomic mass is 10.1. The molecule has 0 aliphatic heterocycles. The average Bonchev–Trinajstić information content (AvgIpc) is 2.71. The van der Waals surface area contributed by atoms with E-state index in [1.165, 1.54) is 12.0 Å². The SMILES string of the molecule is CCCn1cc(C(N)C2CC2C)cn1. The zero-order valence-electron chi connectivity index (χ0n) is 8.98. The monoisotopic (exact) mass is 193 g/mol. The van der Waals surface area contributed by atoms with Crippen LogP contribution in [0.2, 0.25) is 0 Å². The Morgan fingerprint density at radius 1 is 1.71 bits per heavy atom. The van der Waals surface area contributed by atoms with Gasteiger partial charge in [-0.2, -0.15) is 5.10 Å². The fourth-order valence-corrected chi connectivity index (χ4v) is 2.00. The summed E-state index contributed by atoms with van der Waals surface area (Å²) in [4.78, 5) is 0. The van der Waals surface area contributed by atoms with Crippen molar-refractivity contribution in [2.45, 2.75) is 39.3 Å². The van der Waals surface area contributed by atoms with E-state index in [1.54, 1.807) is 0 Å². The van der Waals surface area contributed by atoms with Gasteiger partial charge in [0.15, 0.2) is 0 Å². The van der Waals surface area contributed by atoms with Gasteiger partial charge in [0, 0.05) is 24.3 Å². The predicted octanol–water partition coefficient (Wildman–Crippen LogP) is 1.95. The summed E-state index contributed by atoms with van der Waals surface area (Å²) in [6.07, 6.45) is 6.42. The highest BCUT2D eigenvalue weighted by Crippen LogP contribution is 2.45. The van der Waals surface area contributed by atoms with E-state index in [2.05, 4.69) is 25.1 Å². The number of hydrogen-bond donors (Lipinski definition) is 1.